The number of hydrogen-bond acceptors (Lipinski definition) is 2. The Kier molecular flexibility index (Phi) is 5.57. The summed E-state index contributed by atoms with van der Waals surface area (Å²) in [4.78, 5) is 2.41. The van der Waals surface area contributed by atoms with Crippen LogP contribution >= 0.6 is 0 Å². The van der Waals surface area contributed by atoms with E-state index < -0.39 is 0 Å². The molecule has 2 nitrogen and oxygen atoms in total. The van der Waals surface area contributed by atoms with Gasteiger partial charge in [0.15, 0.2) is 0 Å². The van der Waals surface area contributed by atoms with Crippen LogP contribution < -0.4 is 5.32 Å². The van der Waals surface area contributed by atoms with Crippen LogP contribution in [0.3, 0.4) is 0 Å². The fraction of sp³-hybridized carbons (Fsp3) is 0.647. The second-order valence-corrected chi connectivity index (χ2v) is 6.94. The summed E-state index contributed by atoms with van der Waals surface area (Å²) in [5.74, 6) is 0. The molecule has 0 aliphatic carbocycles. The second kappa shape index (κ2) is 6.53. The summed E-state index contributed by atoms with van der Waals surface area (Å²) in [7, 11) is 4.25. The van der Waals surface area contributed by atoms with E-state index in [-0.39, 0.29) is 0 Å². The Balaban J connectivity index is 2.75. The Labute approximate surface area is 119 Å². The van der Waals surface area contributed by atoms with Crippen molar-refractivity contribution in [1.29, 1.82) is 0 Å². The van der Waals surface area contributed by atoms with Crippen LogP contribution in [-0.2, 0) is 0 Å². The normalized spacial score (nSPS) is 13.9. The maximum Gasteiger partial charge on any atom is 0.0446 e. The van der Waals surface area contributed by atoms with Gasteiger partial charge in [-0.25, -0.2) is 0 Å². The molecule has 0 aliphatic heterocycles. The lowest BCUT2D eigenvalue weighted by Gasteiger charge is -2.30. The first-order chi connectivity index (χ1) is 8.73. The number of aryl methyl sites for hydroxylation is 2. The molecule has 0 amide bonds. The molecule has 0 radical (unpaired) electrons. The van der Waals surface area contributed by atoms with Gasteiger partial charge in [-0.05, 0) is 50.0 Å². The van der Waals surface area contributed by atoms with Gasteiger partial charge in [0.25, 0.3) is 0 Å². The van der Waals surface area contributed by atoms with Gasteiger partial charge in [0.1, 0.15) is 0 Å². The van der Waals surface area contributed by atoms with Gasteiger partial charge >= 0.3 is 0 Å². The average molecular weight is 262 g/mol. The molecule has 108 valence electrons. The highest BCUT2D eigenvalue weighted by atomic mass is 15.1. The standard InChI is InChI=1S/C17H30N2/c1-13-8-9-15(10-14(13)2)16(18-6)11-19(7)12-17(3,4)5/h8-10,16,18H,11-12H2,1-7H3. The number of nitrogens with one attached hydrogen (secondary N) is 1. The van der Waals surface area contributed by atoms with Crippen molar-refractivity contribution >= 4 is 0 Å². The average Bonchev–Trinajstić information content (AvgIpc) is 2.27. The Morgan fingerprint density at radius 2 is 1.79 bits per heavy atom. The Morgan fingerprint density at radius 3 is 2.26 bits per heavy atom. The lowest BCUT2D eigenvalue weighted by Crippen LogP contribution is -2.36. The van der Waals surface area contributed by atoms with Crippen LogP contribution in [-0.4, -0.2) is 32.1 Å². The lowest BCUT2D eigenvalue weighted by atomic mass is 9.95. The molecule has 1 atom stereocenters. The molecule has 0 spiro atoms. The van der Waals surface area contributed by atoms with E-state index in [4.69, 9.17) is 0 Å². The Bertz CT molecular complexity index is 404. The van der Waals surface area contributed by atoms with Crippen LogP contribution in [0.1, 0.15) is 43.5 Å². The molecule has 2 heteroatoms. The predicted molar refractivity (Wildman–Crippen MR) is 84.7 cm³/mol. The van der Waals surface area contributed by atoms with Crippen molar-refractivity contribution < 1.29 is 0 Å². The summed E-state index contributed by atoms with van der Waals surface area (Å²) in [6, 6.07) is 7.17. The molecule has 0 saturated heterocycles. The predicted octanol–water partition coefficient (Wildman–Crippen LogP) is 3.54. The van der Waals surface area contributed by atoms with Gasteiger partial charge in [0.2, 0.25) is 0 Å². The molecule has 0 heterocycles. The Hall–Kier alpha value is -0.860. The van der Waals surface area contributed by atoms with E-state index in [1.165, 1.54) is 16.7 Å². The summed E-state index contributed by atoms with van der Waals surface area (Å²) < 4.78 is 0. The molecule has 0 saturated carbocycles. The molecule has 1 aromatic rings. The third-order valence-corrected chi connectivity index (χ3v) is 3.52. The van der Waals surface area contributed by atoms with Crippen LogP contribution in [0.25, 0.3) is 0 Å². The zero-order valence-electron chi connectivity index (χ0n) is 13.7. The fourth-order valence-electron chi connectivity index (χ4n) is 2.53. The molecule has 0 aliphatic rings. The minimum absolute atomic E-state index is 0.343. The third kappa shape index (κ3) is 5.33. The van der Waals surface area contributed by atoms with Gasteiger partial charge in [-0.2, -0.15) is 0 Å². The van der Waals surface area contributed by atoms with Gasteiger partial charge in [-0.1, -0.05) is 39.0 Å². The molecule has 0 aromatic heterocycles. The fourth-order valence-corrected chi connectivity index (χ4v) is 2.53. The first kappa shape index (κ1) is 16.2. The quantitative estimate of drug-likeness (QED) is 0.873. The topological polar surface area (TPSA) is 15.3 Å². The summed E-state index contributed by atoms with van der Waals surface area (Å²) in [5, 5.41) is 3.44. The van der Waals surface area contributed by atoms with E-state index in [0.29, 0.717) is 11.5 Å². The molecule has 0 fully saturated rings. The molecule has 0 bridgehead atoms. The number of rotatable bonds is 5. The highest BCUT2D eigenvalue weighted by Crippen LogP contribution is 2.20. The third-order valence-electron chi connectivity index (χ3n) is 3.52. The zero-order valence-corrected chi connectivity index (χ0v) is 13.7. The van der Waals surface area contributed by atoms with Crippen molar-refractivity contribution in [3.63, 3.8) is 0 Å². The molecular weight excluding hydrogens is 232 g/mol. The van der Waals surface area contributed by atoms with Crippen molar-refractivity contribution in [2.75, 3.05) is 27.2 Å². The van der Waals surface area contributed by atoms with E-state index in [1.54, 1.807) is 0 Å². The second-order valence-electron chi connectivity index (χ2n) is 6.94. The van der Waals surface area contributed by atoms with E-state index in [1.807, 2.05) is 7.05 Å². The largest absolute Gasteiger partial charge is 0.312 e. The molecule has 1 N–H and O–H groups in total. The molecular formula is C17H30N2. The maximum absolute atomic E-state index is 3.44. The minimum Gasteiger partial charge on any atom is -0.312 e. The van der Waals surface area contributed by atoms with Crippen LogP contribution in [0.15, 0.2) is 18.2 Å². The summed E-state index contributed by atoms with van der Waals surface area (Å²) in [6.07, 6.45) is 0. The highest BCUT2D eigenvalue weighted by molar-refractivity contribution is 5.31. The molecule has 1 rings (SSSR count). The first-order valence-electron chi connectivity index (χ1n) is 7.16. The van der Waals surface area contributed by atoms with Gasteiger partial charge in [-0.3, -0.25) is 0 Å². The number of hydrogen-bond donors (Lipinski definition) is 1. The smallest absolute Gasteiger partial charge is 0.0446 e. The van der Waals surface area contributed by atoms with E-state index in [0.717, 1.165) is 13.1 Å². The van der Waals surface area contributed by atoms with E-state index >= 15 is 0 Å². The monoisotopic (exact) mass is 262 g/mol. The SMILES string of the molecule is CNC(CN(C)CC(C)(C)C)c1ccc(C)c(C)c1. The van der Waals surface area contributed by atoms with Gasteiger partial charge in [0, 0.05) is 19.1 Å². The van der Waals surface area contributed by atoms with Gasteiger partial charge in [-0.15, -0.1) is 0 Å². The van der Waals surface area contributed by atoms with Crippen LogP contribution in [0, 0.1) is 19.3 Å². The van der Waals surface area contributed by atoms with E-state index in [2.05, 4.69) is 70.1 Å². The summed E-state index contributed by atoms with van der Waals surface area (Å²) >= 11 is 0. The molecule has 1 unspecified atom stereocenters. The Morgan fingerprint density at radius 1 is 1.16 bits per heavy atom. The van der Waals surface area contributed by atoms with Crippen molar-refractivity contribution in [2.24, 2.45) is 5.41 Å². The zero-order chi connectivity index (χ0) is 14.6. The lowest BCUT2D eigenvalue weighted by molar-refractivity contribution is 0.210. The van der Waals surface area contributed by atoms with Crippen molar-refractivity contribution in [3.8, 4) is 0 Å². The van der Waals surface area contributed by atoms with Crippen LogP contribution in [0.2, 0.25) is 0 Å². The van der Waals surface area contributed by atoms with Crippen molar-refractivity contribution in [2.45, 2.75) is 40.7 Å². The summed E-state index contributed by atoms with van der Waals surface area (Å²) in [5.41, 5.74) is 4.46. The van der Waals surface area contributed by atoms with Crippen molar-refractivity contribution in [1.82, 2.24) is 10.2 Å². The van der Waals surface area contributed by atoms with E-state index in [9.17, 15) is 0 Å². The number of likely N-dealkylation sites (N-methyl/N-ethyl adjacent to an activating group) is 2. The maximum atomic E-state index is 3.44. The number of nitrogens with zero attached hydrogens (tertiary/aromatic N) is 1. The highest BCUT2D eigenvalue weighted by Gasteiger charge is 2.17. The first-order valence-corrected chi connectivity index (χ1v) is 7.16. The van der Waals surface area contributed by atoms with Gasteiger partial charge < -0.3 is 10.2 Å². The number of benzene rings is 1. The molecule has 19 heavy (non-hydrogen) atoms. The summed E-state index contributed by atoms with van der Waals surface area (Å²) in [6.45, 7) is 13.4. The molecule has 1 aromatic carbocycles. The van der Waals surface area contributed by atoms with Crippen LogP contribution in [0.4, 0.5) is 0 Å². The minimum atomic E-state index is 0.343. The van der Waals surface area contributed by atoms with Crippen LogP contribution in [0.5, 0.6) is 0 Å². The van der Waals surface area contributed by atoms with Crippen molar-refractivity contribution in [3.05, 3.63) is 34.9 Å². The van der Waals surface area contributed by atoms with Gasteiger partial charge in [0.05, 0.1) is 0 Å².